The Morgan fingerprint density at radius 3 is 2.65 bits per heavy atom. The third-order valence-corrected chi connectivity index (χ3v) is 3.34. The van der Waals surface area contributed by atoms with E-state index in [1.807, 2.05) is 43.3 Å². The molecule has 0 aliphatic heterocycles. The van der Waals surface area contributed by atoms with Crippen molar-refractivity contribution >= 4 is 17.4 Å². The molecule has 1 amide bonds. The van der Waals surface area contributed by atoms with Crippen LogP contribution in [0.1, 0.15) is 28.8 Å². The van der Waals surface area contributed by atoms with Crippen molar-refractivity contribution in [3.8, 4) is 0 Å². The summed E-state index contributed by atoms with van der Waals surface area (Å²) in [7, 11) is 0. The van der Waals surface area contributed by atoms with E-state index >= 15 is 0 Å². The van der Waals surface area contributed by atoms with Crippen LogP contribution in [0.3, 0.4) is 0 Å². The molecule has 1 heterocycles. The Labute approximate surface area is 118 Å². The van der Waals surface area contributed by atoms with E-state index in [0.29, 0.717) is 17.3 Å². The van der Waals surface area contributed by atoms with Gasteiger partial charge in [0.15, 0.2) is 0 Å². The molecular formula is C16H17N3O. The first-order valence-corrected chi connectivity index (χ1v) is 6.82. The number of carbonyl (C=O) groups excluding carboxylic acids is 1. The fourth-order valence-electron chi connectivity index (χ4n) is 2.02. The van der Waals surface area contributed by atoms with Crippen molar-refractivity contribution in [3.05, 3.63) is 53.7 Å². The number of pyridine rings is 1. The molecule has 2 aromatic rings. The van der Waals surface area contributed by atoms with Gasteiger partial charge in [0.1, 0.15) is 5.82 Å². The van der Waals surface area contributed by atoms with E-state index in [2.05, 4.69) is 15.6 Å². The Morgan fingerprint density at radius 2 is 2.00 bits per heavy atom. The third kappa shape index (κ3) is 2.96. The lowest BCUT2D eigenvalue weighted by molar-refractivity contribution is 0.102. The van der Waals surface area contributed by atoms with E-state index < -0.39 is 0 Å². The van der Waals surface area contributed by atoms with Gasteiger partial charge in [-0.05, 0) is 43.5 Å². The fourth-order valence-corrected chi connectivity index (χ4v) is 2.02. The van der Waals surface area contributed by atoms with Crippen LogP contribution < -0.4 is 10.6 Å². The van der Waals surface area contributed by atoms with Crippen LogP contribution in [0, 0.1) is 6.92 Å². The number of hydrogen-bond donors (Lipinski definition) is 2. The molecule has 4 nitrogen and oxygen atoms in total. The van der Waals surface area contributed by atoms with E-state index in [-0.39, 0.29) is 5.91 Å². The first-order valence-electron chi connectivity index (χ1n) is 6.82. The van der Waals surface area contributed by atoms with Crippen molar-refractivity contribution in [2.24, 2.45) is 0 Å². The number of nitrogens with zero attached hydrogens (tertiary/aromatic N) is 1. The Kier molecular flexibility index (Phi) is 3.37. The maximum absolute atomic E-state index is 12.2. The highest BCUT2D eigenvalue weighted by atomic mass is 16.1. The number of hydrogen-bond acceptors (Lipinski definition) is 3. The first kappa shape index (κ1) is 12.7. The number of carbonyl (C=O) groups is 1. The smallest absolute Gasteiger partial charge is 0.255 e. The molecule has 1 aromatic carbocycles. The van der Waals surface area contributed by atoms with Crippen molar-refractivity contribution in [2.45, 2.75) is 25.8 Å². The maximum atomic E-state index is 12.2. The van der Waals surface area contributed by atoms with Crippen LogP contribution in [0.4, 0.5) is 11.5 Å². The zero-order valence-electron chi connectivity index (χ0n) is 11.4. The largest absolute Gasteiger partial charge is 0.367 e. The zero-order valence-corrected chi connectivity index (χ0v) is 11.4. The molecule has 1 saturated carbocycles. The highest BCUT2D eigenvalue weighted by Gasteiger charge is 2.21. The summed E-state index contributed by atoms with van der Waals surface area (Å²) in [6.45, 7) is 1.93. The van der Waals surface area contributed by atoms with Gasteiger partial charge in [-0.15, -0.1) is 0 Å². The number of benzene rings is 1. The second-order valence-corrected chi connectivity index (χ2v) is 5.12. The Morgan fingerprint density at radius 1 is 1.20 bits per heavy atom. The van der Waals surface area contributed by atoms with Crippen molar-refractivity contribution in [3.63, 3.8) is 0 Å². The lowest BCUT2D eigenvalue weighted by Crippen LogP contribution is -2.13. The predicted molar refractivity (Wildman–Crippen MR) is 80.0 cm³/mol. The number of aryl methyl sites for hydroxylation is 1. The second-order valence-electron chi connectivity index (χ2n) is 5.12. The molecule has 1 fully saturated rings. The molecule has 3 rings (SSSR count). The summed E-state index contributed by atoms with van der Waals surface area (Å²) in [6, 6.07) is 11.9. The molecule has 1 aliphatic rings. The van der Waals surface area contributed by atoms with Crippen LogP contribution in [0.2, 0.25) is 0 Å². The topological polar surface area (TPSA) is 54.0 Å². The summed E-state index contributed by atoms with van der Waals surface area (Å²) in [5.74, 6) is 0.759. The van der Waals surface area contributed by atoms with Gasteiger partial charge in [-0.1, -0.05) is 18.2 Å². The molecule has 2 N–H and O–H groups in total. The van der Waals surface area contributed by atoms with Gasteiger partial charge in [-0.2, -0.15) is 0 Å². The van der Waals surface area contributed by atoms with Gasteiger partial charge in [0.2, 0.25) is 0 Å². The molecule has 0 spiro atoms. The summed E-state index contributed by atoms with van der Waals surface area (Å²) in [6.07, 6.45) is 4.11. The first-order chi connectivity index (χ1) is 9.72. The van der Waals surface area contributed by atoms with Gasteiger partial charge in [-0.3, -0.25) is 4.79 Å². The van der Waals surface area contributed by atoms with Crippen LogP contribution >= 0.6 is 0 Å². The minimum absolute atomic E-state index is 0.104. The van der Waals surface area contributed by atoms with E-state index in [9.17, 15) is 4.79 Å². The van der Waals surface area contributed by atoms with Crippen LogP contribution in [0.25, 0.3) is 0 Å². The Balaban J connectivity index is 1.67. The minimum atomic E-state index is -0.104. The van der Waals surface area contributed by atoms with Crippen LogP contribution in [-0.2, 0) is 0 Å². The van der Waals surface area contributed by atoms with Gasteiger partial charge >= 0.3 is 0 Å². The summed E-state index contributed by atoms with van der Waals surface area (Å²) < 4.78 is 0. The van der Waals surface area contributed by atoms with E-state index in [0.717, 1.165) is 11.4 Å². The molecule has 0 unspecified atom stereocenters. The summed E-state index contributed by atoms with van der Waals surface area (Å²) in [4.78, 5) is 16.5. The summed E-state index contributed by atoms with van der Waals surface area (Å²) >= 11 is 0. The molecule has 0 radical (unpaired) electrons. The van der Waals surface area contributed by atoms with E-state index in [1.165, 1.54) is 12.8 Å². The standard InChI is InChI=1S/C16H17N3O/c1-11-4-2-3-5-14(11)16(20)19-13-8-9-15(17-10-13)18-12-6-7-12/h2-5,8-10,12H,6-7H2,1H3,(H,17,18)(H,19,20). The van der Waals surface area contributed by atoms with Gasteiger partial charge in [0.05, 0.1) is 11.9 Å². The molecular weight excluding hydrogens is 250 g/mol. The number of nitrogens with one attached hydrogen (secondary N) is 2. The van der Waals surface area contributed by atoms with Gasteiger partial charge in [0.25, 0.3) is 5.91 Å². The van der Waals surface area contributed by atoms with Crippen molar-refractivity contribution in [2.75, 3.05) is 10.6 Å². The predicted octanol–water partition coefficient (Wildman–Crippen LogP) is 3.22. The number of aromatic nitrogens is 1. The highest BCUT2D eigenvalue weighted by molar-refractivity contribution is 6.05. The zero-order chi connectivity index (χ0) is 13.9. The van der Waals surface area contributed by atoms with Gasteiger partial charge in [0, 0.05) is 11.6 Å². The Bertz CT molecular complexity index is 618. The molecule has 4 heteroatoms. The van der Waals surface area contributed by atoms with Crippen LogP contribution in [0.5, 0.6) is 0 Å². The molecule has 1 aliphatic carbocycles. The van der Waals surface area contributed by atoms with Crippen molar-refractivity contribution in [1.82, 2.24) is 4.98 Å². The lowest BCUT2D eigenvalue weighted by atomic mass is 10.1. The lowest BCUT2D eigenvalue weighted by Gasteiger charge is -2.08. The van der Waals surface area contributed by atoms with Gasteiger partial charge < -0.3 is 10.6 Å². The van der Waals surface area contributed by atoms with Crippen molar-refractivity contribution in [1.29, 1.82) is 0 Å². The van der Waals surface area contributed by atoms with Crippen molar-refractivity contribution < 1.29 is 4.79 Å². The third-order valence-electron chi connectivity index (χ3n) is 3.34. The molecule has 1 aromatic heterocycles. The number of rotatable bonds is 4. The molecule has 0 bridgehead atoms. The molecule has 0 saturated heterocycles. The quantitative estimate of drug-likeness (QED) is 0.894. The summed E-state index contributed by atoms with van der Waals surface area (Å²) in [5.41, 5.74) is 2.36. The SMILES string of the molecule is Cc1ccccc1C(=O)Nc1ccc(NC2CC2)nc1. The molecule has 102 valence electrons. The Hall–Kier alpha value is -2.36. The summed E-state index contributed by atoms with van der Waals surface area (Å²) in [5, 5.41) is 6.18. The van der Waals surface area contributed by atoms with E-state index in [1.54, 1.807) is 6.20 Å². The highest BCUT2D eigenvalue weighted by Crippen LogP contribution is 2.24. The van der Waals surface area contributed by atoms with E-state index in [4.69, 9.17) is 0 Å². The minimum Gasteiger partial charge on any atom is -0.367 e. The average Bonchev–Trinajstić information content (AvgIpc) is 3.25. The van der Waals surface area contributed by atoms with Gasteiger partial charge in [-0.25, -0.2) is 4.98 Å². The normalized spacial score (nSPS) is 13.8. The second kappa shape index (κ2) is 5.33. The van der Waals surface area contributed by atoms with Crippen LogP contribution in [0.15, 0.2) is 42.6 Å². The number of amides is 1. The number of anilines is 2. The monoisotopic (exact) mass is 267 g/mol. The fraction of sp³-hybridized carbons (Fsp3) is 0.250. The molecule has 0 atom stereocenters. The average molecular weight is 267 g/mol. The molecule has 20 heavy (non-hydrogen) atoms. The maximum Gasteiger partial charge on any atom is 0.255 e. The van der Waals surface area contributed by atoms with Crippen LogP contribution in [-0.4, -0.2) is 16.9 Å².